The first-order valence-corrected chi connectivity index (χ1v) is 8.12. The highest BCUT2D eigenvalue weighted by atomic mass is 32.2. The van der Waals surface area contributed by atoms with Crippen LogP contribution in [0.5, 0.6) is 0 Å². The number of pyridine rings is 1. The van der Waals surface area contributed by atoms with Gasteiger partial charge in [0.15, 0.2) is 0 Å². The van der Waals surface area contributed by atoms with Crippen molar-refractivity contribution in [3.63, 3.8) is 0 Å². The fraction of sp³-hybridized carbons (Fsp3) is 0.167. The lowest BCUT2D eigenvalue weighted by atomic mass is 10.2. The molecule has 120 valence electrons. The number of rotatable bonds is 3. The van der Waals surface area contributed by atoms with E-state index in [1.807, 2.05) is 32.0 Å². The van der Waals surface area contributed by atoms with E-state index in [9.17, 15) is 9.59 Å². The average molecular weight is 337 g/mol. The van der Waals surface area contributed by atoms with Gasteiger partial charge in [-0.1, -0.05) is 5.92 Å². The maximum absolute atomic E-state index is 12.3. The van der Waals surface area contributed by atoms with Crippen molar-refractivity contribution in [3.8, 4) is 18.0 Å². The highest BCUT2D eigenvalue weighted by Crippen LogP contribution is 2.33. The topological polar surface area (TPSA) is 55.2 Å². The van der Waals surface area contributed by atoms with E-state index in [1.54, 1.807) is 18.5 Å². The van der Waals surface area contributed by atoms with Crippen LogP contribution in [0.2, 0.25) is 0 Å². The number of thioether (sulfide) groups is 1. The van der Waals surface area contributed by atoms with Crippen molar-refractivity contribution in [2.24, 2.45) is 0 Å². The van der Waals surface area contributed by atoms with Gasteiger partial charge in [-0.15, -0.1) is 6.42 Å². The number of aryl methyl sites for hydroxylation is 1. The van der Waals surface area contributed by atoms with Gasteiger partial charge in [-0.05, 0) is 55.4 Å². The normalized spacial score (nSPS) is 16.0. The van der Waals surface area contributed by atoms with E-state index >= 15 is 0 Å². The molecular weight excluding hydrogens is 322 g/mol. The summed E-state index contributed by atoms with van der Waals surface area (Å²) in [5.41, 5.74) is 3.84. The standard InChI is InChI=1S/C18H15N3O2S/c1-4-8-20-17(22)16(24-18(20)23)10-14-9-12(2)21(13(14)3)15-6-5-7-19-11-15/h1,5-7,9-11H,8H2,2-3H3/b16-10+. The molecule has 6 heteroatoms. The quantitative estimate of drug-likeness (QED) is 0.638. The van der Waals surface area contributed by atoms with Crippen LogP contribution in [-0.2, 0) is 4.79 Å². The summed E-state index contributed by atoms with van der Waals surface area (Å²) in [5.74, 6) is 1.99. The molecule has 3 rings (SSSR count). The summed E-state index contributed by atoms with van der Waals surface area (Å²) in [6, 6.07) is 5.83. The Morgan fingerprint density at radius 2 is 2.17 bits per heavy atom. The Kier molecular flexibility index (Phi) is 4.28. The zero-order valence-corrected chi connectivity index (χ0v) is 14.1. The summed E-state index contributed by atoms with van der Waals surface area (Å²) < 4.78 is 2.06. The van der Waals surface area contributed by atoms with Crippen LogP contribution in [0.1, 0.15) is 17.0 Å². The van der Waals surface area contributed by atoms with Crippen LogP contribution in [0.15, 0.2) is 35.5 Å². The zero-order valence-electron chi connectivity index (χ0n) is 13.3. The lowest BCUT2D eigenvalue weighted by Gasteiger charge is -2.08. The van der Waals surface area contributed by atoms with Crippen LogP contribution in [-0.4, -0.2) is 32.1 Å². The molecule has 1 fully saturated rings. The van der Waals surface area contributed by atoms with Gasteiger partial charge in [-0.25, -0.2) is 0 Å². The van der Waals surface area contributed by atoms with Gasteiger partial charge in [0.2, 0.25) is 0 Å². The number of hydrogen-bond donors (Lipinski definition) is 0. The molecule has 0 spiro atoms. The molecule has 0 atom stereocenters. The van der Waals surface area contributed by atoms with E-state index < -0.39 is 0 Å². The lowest BCUT2D eigenvalue weighted by Crippen LogP contribution is -2.28. The fourth-order valence-electron chi connectivity index (χ4n) is 2.69. The number of aromatic nitrogens is 2. The number of carbonyl (C=O) groups is 2. The Morgan fingerprint density at radius 3 is 2.83 bits per heavy atom. The van der Waals surface area contributed by atoms with Gasteiger partial charge in [0.1, 0.15) is 0 Å². The second kappa shape index (κ2) is 6.38. The number of carbonyl (C=O) groups excluding carboxylic acids is 2. The van der Waals surface area contributed by atoms with Crippen molar-refractivity contribution in [1.82, 2.24) is 14.5 Å². The molecule has 2 amide bonds. The first-order chi connectivity index (χ1) is 11.5. The molecule has 1 saturated heterocycles. The minimum absolute atomic E-state index is 0.00326. The summed E-state index contributed by atoms with van der Waals surface area (Å²) in [6.45, 7) is 3.95. The number of imide groups is 1. The molecule has 3 heterocycles. The van der Waals surface area contributed by atoms with Crippen molar-refractivity contribution < 1.29 is 9.59 Å². The largest absolute Gasteiger partial charge is 0.316 e. The second-order valence-corrected chi connectivity index (χ2v) is 6.34. The van der Waals surface area contributed by atoms with Crippen LogP contribution in [0.25, 0.3) is 11.8 Å². The van der Waals surface area contributed by atoms with Crippen molar-refractivity contribution >= 4 is 29.0 Å². The highest BCUT2D eigenvalue weighted by molar-refractivity contribution is 8.18. The Bertz CT molecular complexity index is 891. The summed E-state index contributed by atoms with van der Waals surface area (Å²) >= 11 is 0.918. The van der Waals surface area contributed by atoms with Gasteiger partial charge < -0.3 is 4.57 Å². The zero-order chi connectivity index (χ0) is 17.3. The Morgan fingerprint density at radius 1 is 1.38 bits per heavy atom. The van der Waals surface area contributed by atoms with E-state index in [0.29, 0.717) is 4.91 Å². The maximum Gasteiger partial charge on any atom is 0.294 e. The van der Waals surface area contributed by atoms with Gasteiger partial charge in [-0.3, -0.25) is 19.5 Å². The molecule has 0 bridgehead atoms. The molecular formula is C18H15N3O2S. The molecule has 0 radical (unpaired) electrons. The molecule has 24 heavy (non-hydrogen) atoms. The number of terminal acetylenes is 1. The molecule has 0 saturated carbocycles. The average Bonchev–Trinajstić information content (AvgIpc) is 2.99. The summed E-state index contributed by atoms with van der Waals surface area (Å²) in [4.78, 5) is 29.8. The van der Waals surface area contributed by atoms with Crippen molar-refractivity contribution in [1.29, 1.82) is 0 Å². The van der Waals surface area contributed by atoms with E-state index in [-0.39, 0.29) is 17.7 Å². The van der Waals surface area contributed by atoms with Gasteiger partial charge in [0, 0.05) is 17.6 Å². The molecule has 2 aromatic rings. The third kappa shape index (κ3) is 2.74. The summed E-state index contributed by atoms with van der Waals surface area (Å²) in [5, 5.41) is -0.328. The molecule has 0 N–H and O–H groups in total. The van der Waals surface area contributed by atoms with Crippen LogP contribution in [0, 0.1) is 26.2 Å². The molecule has 1 aliphatic heterocycles. The summed E-state index contributed by atoms with van der Waals surface area (Å²) in [7, 11) is 0. The molecule has 0 aliphatic carbocycles. The number of nitrogens with zero attached hydrogens (tertiary/aromatic N) is 3. The van der Waals surface area contributed by atoms with E-state index in [1.165, 1.54) is 0 Å². The van der Waals surface area contributed by atoms with Gasteiger partial charge in [0.05, 0.1) is 23.3 Å². The molecule has 0 unspecified atom stereocenters. The van der Waals surface area contributed by atoms with Crippen LogP contribution in [0.3, 0.4) is 0 Å². The SMILES string of the molecule is C#CCN1C(=O)S/C(=C/c2cc(C)n(-c3cccnc3)c2C)C1=O. The van der Waals surface area contributed by atoms with Crippen LogP contribution >= 0.6 is 11.8 Å². The lowest BCUT2D eigenvalue weighted by molar-refractivity contribution is -0.122. The van der Waals surface area contributed by atoms with Gasteiger partial charge in [0.25, 0.3) is 11.1 Å². The minimum Gasteiger partial charge on any atom is -0.316 e. The smallest absolute Gasteiger partial charge is 0.294 e. The molecule has 5 nitrogen and oxygen atoms in total. The van der Waals surface area contributed by atoms with Crippen molar-refractivity contribution in [2.45, 2.75) is 13.8 Å². The third-order valence-corrected chi connectivity index (χ3v) is 4.69. The van der Waals surface area contributed by atoms with Crippen LogP contribution < -0.4 is 0 Å². The van der Waals surface area contributed by atoms with E-state index in [4.69, 9.17) is 6.42 Å². The van der Waals surface area contributed by atoms with E-state index in [2.05, 4.69) is 15.5 Å². The summed E-state index contributed by atoms with van der Waals surface area (Å²) in [6.07, 6.45) is 10.5. The first kappa shape index (κ1) is 16.1. The number of amides is 2. The predicted molar refractivity (Wildman–Crippen MR) is 94.5 cm³/mol. The fourth-order valence-corrected chi connectivity index (χ4v) is 3.52. The number of hydrogen-bond acceptors (Lipinski definition) is 4. The van der Waals surface area contributed by atoms with Crippen LogP contribution in [0.4, 0.5) is 4.79 Å². The maximum atomic E-state index is 12.3. The second-order valence-electron chi connectivity index (χ2n) is 5.35. The third-order valence-electron chi connectivity index (χ3n) is 3.78. The van der Waals surface area contributed by atoms with Gasteiger partial charge in [-0.2, -0.15) is 0 Å². The van der Waals surface area contributed by atoms with Crippen molar-refractivity contribution in [2.75, 3.05) is 6.54 Å². The van der Waals surface area contributed by atoms with E-state index in [0.717, 1.165) is 39.3 Å². The monoisotopic (exact) mass is 337 g/mol. The minimum atomic E-state index is -0.339. The Balaban J connectivity index is 1.99. The van der Waals surface area contributed by atoms with Gasteiger partial charge >= 0.3 is 0 Å². The Hall–Kier alpha value is -2.78. The predicted octanol–water partition coefficient (Wildman–Crippen LogP) is 3.16. The highest BCUT2D eigenvalue weighted by Gasteiger charge is 2.34. The molecule has 0 aromatic carbocycles. The first-order valence-electron chi connectivity index (χ1n) is 7.31. The molecule has 1 aliphatic rings. The van der Waals surface area contributed by atoms with Crippen molar-refractivity contribution in [3.05, 3.63) is 52.4 Å². The molecule has 2 aromatic heterocycles. The Labute approximate surface area is 144 Å².